The molecule has 100 valence electrons. The zero-order chi connectivity index (χ0) is 14.0. The number of nitrogens with zero attached hydrogens (tertiary/aromatic N) is 3. The Labute approximate surface area is 115 Å². The molecule has 2 heterocycles. The second kappa shape index (κ2) is 4.97. The fraction of sp³-hybridized carbons (Fsp3) is 0.333. The number of amides is 1. The first-order chi connectivity index (χ1) is 8.86. The normalized spacial score (nSPS) is 11.4. The molecule has 0 fully saturated rings. The molecule has 2 rings (SSSR count). The van der Waals surface area contributed by atoms with Gasteiger partial charge in [0.15, 0.2) is 0 Å². The lowest BCUT2D eigenvalue weighted by Crippen LogP contribution is -2.16. The number of rotatable bonds is 2. The van der Waals surface area contributed by atoms with Crippen molar-refractivity contribution in [1.29, 1.82) is 0 Å². The van der Waals surface area contributed by atoms with Crippen LogP contribution in [0.15, 0.2) is 18.3 Å². The number of hydrogen-bond acceptors (Lipinski definition) is 4. The van der Waals surface area contributed by atoms with Crippen molar-refractivity contribution < 1.29 is 4.79 Å². The van der Waals surface area contributed by atoms with Crippen molar-refractivity contribution in [1.82, 2.24) is 20.2 Å². The van der Waals surface area contributed by atoms with E-state index in [1.807, 2.05) is 20.8 Å². The summed E-state index contributed by atoms with van der Waals surface area (Å²) in [7, 11) is 0. The molecule has 0 unspecified atom stereocenters. The summed E-state index contributed by atoms with van der Waals surface area (Å²) in [6.45, 7) is 5.95. The van der Waals surface area contributed by atoms with Crippen LogP contribution in [0.4, 0.5) is 5.69 Å². The predicted octanol–water partition coefficient (Wildman–Crippen LogP) is 2.40. The van der Waals surface area contributed by atoms with Crippen molar-refractivity contribution in [3.63, 3.8) is 0 Å². The Balaban J connectivity index is 2.14. The van der Waals surface area contributed by atoms with E-state index >= 15 is 0 Å². The van der Waals surface area contributed by atoms with Crippen LogP contribution in [-0.4, -0.2) is 26.1 Å². The van der Waals surface area contributed by atoms with Crippen molar-refractivity contribution in [2.24, 2.45) is 0 Å². The first-order valence-electron chi connectivity index (χ1n) is 5.72. The number of pyridine rings is 1. The van der Waals surface area contributed by atoms with Crippen molar-refractivity contribution >= 4 is 23.2 Å². The first-order valence-corrected chi connectivity index (χ1v) is 6.10. The number of anilines is 1. The first kappa shape index (κ1) is 13.5. The van der Waals surface area contributed by atoms with Crippen LogP contribution in [0.1, 0.15) is 37.2 Å². The van der Waals surface area contributed by atoms with E-state index in [2.05, 4.69) is 25.5 Å². The van der Waals surface area contributed by atoms with Gasteiger partial charge >= 0.3 is 0 Å². The van der Waals surface area contributed by atoms with E-state index in [1.165, 1.54) is 6.20 Å². The second-order valence-electron chi connectivity index (χ2n) is 5.08. The molecule has 0 bridgehead atoms. The summed E-state index contributed by atoms with van der Waals surface area (Å²) in [4.78, 5) is 20.0. The predicted molar refractivity (Wildman–Crippen MR) is 72.3 cm³/mol. The Morgan fingerprint density at radius 2 is 2.16 bits per heavy atom. The van der Waals surface area contributed by atoms with Gasteiger partial charge in [0, 0.05) is 17.3 Å². The van der Waals surface area contributed by atoms with Gasteiger partial charge in [0.1, 0.15) is 11.0 Å². The maximum absolute atomic E-state index is 11.9. The maximum Gasteiger partial charge on any atom is 0.295 e. The highest BCUT2D eigenvalue weighted by molar-refractivity contribution is 6.29. The average Bonchev–Trinajstić information content (AvgIpc) is 2.77. The Bertz CT molecular complexity index is 602. The van der Waals surface area contributed by atoms with Crippen LogP contribution in [0.3, 0.4) is 0 Å². The fourth-order valence-corrected chi connectivity index (χ4v) is 1.54. The van der Waals surface area contributed by atoms with Crippen molar-refractivity contribution in [3.05, 3.63) is 35.1 Å². The number of halogens is 1. The third kappa shape index (κ3) is 3.29. The summed E-state index contributed by atoms with van der Waals surface area (Å²) in [6.07, 6.45) is 1.51. The number of carbonyl (C=O) groups is 1. The minimum atomic E-state index is -0.394. The molecule has 0 aliphatic heterocycles. The van der Waals surface area contributed by atoms with Crippen molar-refractivity contribution in [3.8, 4) is 0 Å². The zero-order valence-electron chi connectivity index (χ0n) is 10.9. The molecule has 19 heavy (non-hydrogen) atoms. The highest BCUT2D eigenvalue weighted by Gasteiger charge is 2.21. The maximum atomic E-state index is 11.9. The molecular weight excluding hydrogens is 266 g/mol. The Morgan fingerprint density at radius 1 is 1.42 bits per heavy atom. The van der Waals surface area contributed by atoms with Crippen LogP contribution < -0.4 is 5.32 Å². The second-order valence-corrected chi connectivity index (χ2v) is 5.47. The van der Waals surface area contributed by atoms with E-state index < -0.39 is 5.91 Å². The number of H-pyrrole nitrogens is 1. The van der Waals surface area contributed by atoms with Crippen molar-refractivity contribution in [2.75, 3.05) is 5.32 Å². The molecule has 7 heteroatoms. The quantitative estimate of drug-likeness (QED) is 0.827. The van der Waals surface area contributed by atoms with E-state index in [9.17, 15) is 4.79 Å². The summed E-state index contributed by atoms with van der Waals surface area (Å²) < 4.78 is 0. The van der Waals surface area contributed by atoms with Gasteiger partial charge < -0.3 is 5.32 Å². The van der Waals surface area contributed by atoms with E-state index in [0.29, 0.717) is 16.7 Å². The third-order valence-corrected chi connectivity index (χ3v) is 2.59. The van der Waals surface area contributed by atoms with Crippen LogP contribution >= 0.6 is 11.6 Å². The molecule has 1 amide bonds. The molecule has 2 aromatic rings. The largest absolute Gasteiger partial charge is 0.319 e. The summed E-state index contributed by atoms with van der Waals surface area (Å²) in [5.41, 5.74) is 0.359. The molecular formula is C12H14ClN5O. The third-order valence-electron chi connectivity index (χ3n) is 2.38. The van der Waals surface area contributed by atoms with E-state index in [-0.39, 0.29) is 11.2 Å². The number of carbonyl (C=O) groups excluding carboxylic acids is 1. The van der Waals surface area contributed by atoms with Gasteiger partial charge in [-0.05, 0) is 12.1 Å². The Morgan fingerprint density at radius 3 is 2.74 bits per heavy atom. The van der Waals surface area contributed by atoms with Gasteiger partial charge in [-0.3, -0.25) is 9.89 Å². The van der Waals surface area contributed by atoms with E-state index in [0.717, 1.165) is 0 Å². The summed E-state index contributed by atoms with van der Waals surface area (Å²) in [5, 5.41) is 9.63. The fourth-order valence-electron chi connectivity index (χ4n) is 1.37. The molecule has 0 aliphatic rings. The highest BCUT2D eigenvalue weighted by atomic mass is 35.5. The molecule has 0 spiro atoms. The molecule has 6 nitrogen and oxygen atoms in total. The van der Waals surface area contributed by atoms with Gasteiger partial charge in [-0.2, -0.15) is 0 Å². The SMILES string of the molecule is CC(C)(C)c1nc(C(=O)Nc2ccnc(Cl)c2)n[nH]1. The Kier molecular flexibility index (Phi) is 3.53. The highest BCUT2D eigenvalue weighted by Crippen LogP contribution is 2.18. The van der Waals surface area contributed by atoms with Gasteiger partial charge in [-0.25, -0.2) is 9.97 Å². The lowest BCUT2D eigenvalue weighted by Gasteiger charge is -2.12. The zero-order valence-corrected chi connectivity index (χ0v) is 11.6. The molecule has 0 aliphatic carbocycles. The van der Waals surface area contributed by atoms with Crippen molar-refractivity contribution in [2.45, 2.75) is 26.2 Å². The molecule has 2 N–H and O–H groups in total. The smallest absolute Gasteiger partial charge is 0.295 e. The van der Waals surface area contributed by atoms with Gasteiger partial charge in [0.05, 0.1) is 0 Å². The number of aromatic amines is 1. The molecule has 0 aromatic carbocycles. The monoisotopic (exact) mass is 279 g/mol. The molecule has 0 saturated carbocycles. The topological polar surface area (TPSA) is 83.6 Å². The minimum Gasteiger partial charge on any atom is -0.319 e. The van der Waals surface area contributed by atoms with E-state index in [1.54, 1.807) is 12.1 Å². The van der Waals surface area contributed by atoms with Crippen LogP contribution in [0.5, 0.6) is 0 Å². The molecule has 0 atom stereocenters. The van der Waals surface area contributed by atoms with Gasteiger partial charge in [0.2, 0.25) is 5.82 Å². The molecule has 0 radical (unpaired) electrons. The lowest BCUT2D eigenvalue weighted by atomic mass is 9.96. The van der Waals surface area contributed by atoms with Crippen LogP contribution in [-0.2, 0) is 5.41 Å². The molecule has 2 aromatic heterocycles. The van der Waals surface area contributed by atoms with Crippen LogP contribution in [0.25, 0.3) is 0 Å². The summed E-state index contributed by atoms with van der Waals surface area (Å²) >= 11 is 5.74. The van der Waals surface area contributed by atoms with Crippen LogP contribution in [0.2, 0.25) is 5.15 Å². The van der Waals surface area contributed by atoms with Gasteiger partial charge in [0.25, 0.3) is 5.91 Å². The number of nitrogens with one attached hydrogen (secondary N) is 2. The number of aromatic nitrogens is 4. The Hall–Kier alpha value is -1.95. The minimum absolute atomic E-state index is 0.0952. The average molecular weight is 280 g/mol. The number of hydrogen-bond donors (Lipinski definition) is 2. The standard InChI is InChI=1S/C12H14ClN5O/c1-12(2,3)11-16-9(17-18-11)10(19)15-7-4-5-14-8(13)6-7/h4-6H,1-3H3,(H,14,15,19)(H,16,17,18). The van der Waals surface area contributed by atoms with Gasteiger partial charge in [-0.1, -0.05) is 32.4 Å². The molecule has 0 saturated heterocycles. The summed E-state index contributed by atoms with van der Waals surface area (Å²) in [5.74, 6) is 0.359. The van der Waals surface area contributed by atoms with Gasteiger partial charge in [-0.15, -0.1) is 5.10 Å². The summed E-state index contributed by atoms with van der Waals surface area (Å²) in [6, 6.07) is 3.19. The van der Waals surface area contributed by atoms with Crippen LogP contribution in [0, 0.1) is 0 Å². The van der Waals surface area contributed by atoms with E-state index in [4.69, 9.17) is 11.6 Å². The lowest BCUT2D eigenvalue weighted by molar-refractivity contribution is 0.101.